The zero-order valence-corrected chi connectivity index (χ0v) is 26.8. The standard InChI is InChI=1S/C29H24ClN3O10S3/c1-33(16-5-4-6-18(13-16)44(36,37)12-11-30)17-9-10-21(23(14-17)45(38,39)40)32-22-15-24(46(41,42)43)27(31)26-25(22)28(34)19-7-2-3-8-20(19)29(26)35/h2-10,13-15,32H,11-12,31H2,1H3,(H,38,39,40)(H,41,42,43). The number of ketones is 2. The van der Waals surface area contributed by atoms with Crippen LogP contribution in [0.15, 0.2) is 87.5 Å². The fraction of sp³-hybridized carbons (Fsp3) is 0.103. The fourth-order valence-electron chi connectivity index (χ4n) is 5.04. The third-order valence-corrected chi connectivity index (χ3v) is 11.2. The van der Waals surface area contributed by atoms with E-state index in [0.717, 1.165) is 12.1 Å². The molecule has 0 fully saturated rings. The first-order chi connectivity index (χ1) is 21.5. The van der Waals surface area contributed by atoms with Crippen LogP contribution in [0.5, 0.6) is 0 Å². The van der Waals surface area contributed by atoms with Gasteiger partial charge in [-0.2, -0.15) is 16.8 Å². The second kappa shape index (κ2) is 11.8. The Kier molecular flexibility index (Phi) is 8.48. The topological polar surface area (TPSA) is 218 Å². The maximum Gasteiger partial charge on any atom is 0.296 e. The maximum atomic E-state index is 13.6. The van der Waals surface area contributed by atoms with E-state index in [9.17, 15) is 43.9 Å². The molecule has 4 aromatic carbocycles. The molecule has 0 radical (unpaired) electrons. The van der Waals surface area contributed by atoms with Crippen molar-refractivity contribution in [1.82, 2.24) is 0 Å². The van der Waals surface area contributed by atoms with Gasteiger partial charge in [-0.3, -0.25) is 18.7 Å². The zero-order chi connectivity index (χ0) is 33.8. The summed E-state index contributed by atoms with van der Waals surface area (Å²) >= 11 is 5.62. The van der Waals surface area contributed by atoms with Crippen LogP contribution in [0, 0.1) is 0 Å². The van der Waals surface area contributed by atoms with Crippen molar-refractivity contribution in [2.75, 3.05) is 34.6 Å². The van der Waals surface area contributed by atoms with Crippen LogP contribution in [0.25, 0.3) is 0 Å². The van der Waals surface area contributed by atoms with Crippen molar-refractivity contribution in [2.45, 2.75) is 14.7 Å². The SMILES string of the molecule is CN(c1cccc(S(=O)(=O)CCCl)c1)c1ccc(Nc2cc(S(=O)(=O)O)c(N)c3c2C(=O)c2ccccc2C3=O)c(S(=O)(=O)O)c1. The van der Waals surface area contributed by atoms with E-state index in [2.05, 4.69) is 5.32 Å². The summed E-state index contributed by atoms with van der Waals surface area (Å²) in [6, 6.07) is 15.9. The molecule has 0 spiro atoms. The van der Waals surface area contributed by atoms with Gasteiger partial charge in [-0.15, -0.1) is 11.6 Å². The quantitative estimate of drug-likeness (QED) is 0.0967. The van der Waals surface area contributed by atoms with Gasteiger partial charge in [0.1, 0.15) is 9.79 Å². The number of nitrogens with zero attached hydrogens (tertiary/aromatic N) is 1. The van der Waals surface area contributed by atoms with E-state index in [4.69, 9.17) is 17.3 Å². The van der Waals surface area contributed by atoms with Crippen LogP contribution in [0.3, 0.4) is 0 Å². The van der Waals surface area contributed by atoms with Gasteiger partial charge in [0, 0.05) is 35.4 Å². The lowest BCUT2D eigenvalue weighted by molar-refractivity contribution is 0.0980. The third kappa shape index (κ3) is 5.97. The number of anilines is 5. The molecule has 0 aromatic heterocycles. The van der Waals surface area contributed by atoms with Crippen molar-refractivity contribution < 1.29 is 43.9 Å². The number of rotatable bonds is 9. The van der Waals surface area contributed by atoms with Gasteiger partial charge >= 0.3 is 0 Å². The van der Waals surface area contributed by atoms with Gasteiger partial charge in [-0.05, 0) is 42.5 Å². The van der Waals surface area contributed by atoms with Crippen molar-refractivity contribution in [3.05, 3.63) is 95.1 Å². The largest absolute Gasteiger partial charge is 0.397 e. The average molecular weight is 706 g/mol. The molecule has 0 unspecified atom stereocenters. The number of carbonyl (C=O) groups is 2. The van der Waals surface area contributed by atoms with Gasteiger partial charge in [0.05, 0.1) is 38.8 Å². The summed E-state index contributed by atoms with van der Waals surface area (Å²) in [6.07, 6.45) is 0. The predicted octanol–water partition coefficient (Wildman–Crippen LogP) is 4.06. The Morgan fingerprint density at radius 1 is 0.739 bits per heavy atom. The summed E-state index contributed by atoms with van der Waals surface area (Å²) in [4.78, 5) is 26.8. The van der Waals surface area contributed by atoms with Crippen LogP contribution < -0.4 is 16.0 Å². The lowest BCUT2D eigenvalue weighted by Crippen LogP contribution is -2.25. The number of halogens is 1. The van der Waals surface area contributed by atoms with Gasteiger partial charge in [-0.25, -0.2) is 8.42 Å². The normalized spacial score (nSPS) is 13.2. The number of sulfone groups is 1. The first kappa shape index (κ1) is 33.1. The molecule has 0 bridgehead atoms. The smallest absolute Gasteiger partial charge is 0.296 e. The Morgan fingerprint density at radius 3 is 1.91 bits per heavy atom. The lowest BCUT2D eigenvalue weighted by atomic mass is 9.82. The van der Waals surface area contributed by atoms with Crippen LogP contribution >= 0.6 is 11.6 Å². The highest BCUT2D eigenvalue weighted by molar-refractivity contribution is 7.91. The second-order valence-electron chi connectivity index (χ2n) is 10.1. The molecular formula is C29H24ClN3O10S3. The Bertz CT molecular complexity index is 2290. The molecule has 240 valence electrons. The van der Waals surface area contributed by atoms with E-state index < -0.39 is 68.4 Å². The minimum atomic E-state index is -5.06. The van der Waals surface area contributed by atoms with Gasteiger partial charge in [0.25, 0.3) is 20.2 Å². The zero-order valence-electron chi connectivity index (χ0n) is 23.6. The molecule has 4 aromatic rings. The summed E-state index contributed by atoms with van der Waals surface area (Å²) in [7, 11) is -12.3. The van der Waals surface area contributed by atoms with Gasteiger partial charge < -0.3 is 16.0 Å². The van der Waals surface area contributed by atoms with Crippen molar-refractivity contribution in [3.63, 3.8) is 0 Å². The Labute approximate surface area is 269 Å². The van der Waals surface area contributed by atoms with E-state index in [1.54, 1.807) is 6.07 Å². The van der Waals surface area contributed by atoms with Crippen LogP contribution in [-0.2, 0) is 30.1 Å². The molecule has 0 aliphatic heterocycles. The monoisotopic (exact) mass is 705 g/mol. The molecule has 1 aliphatic rings. The third-order valence-electron chi connectivity index (χ3n) is 7.29. The molecule has 13 nitrogen and oxygen atoms in total. The van der Waals surface area contributed by atoms with Crippen molar-refractivity contribution in [2.24, 2.45) is 0 Å². The number of hydrogen-bond donors (Lipinski definition) is 4. The van der Waals surface area contributed by atoms with E-state index in [0.29, 0.717) is 5.69 Å². The average Bonchev–Trinajstić information content (AvgIpc) is 2.99. The highest BCUT2D eigenvalue weighted by Gasteiger charge is 2.37. The first-order valence-electron chi connectivity index (χ1n) is 13.1. The summed E-state index contributed by atoms with van der Waals surface area (Å²) in [5.74, 6) is -1.97. The highest BCUT2D eigenvalue weighted by atomic mass is 35.5. The Balaban J connectivity index is 1.66. The minimum Gasteiger partial charge on any atom is -0.397 e. The number of benzene rings is 4. The van der Waals surface area contributed by atoms with Crippen LogP contribution in [0.2, 0.25) is 0 Å². The predicted molar refractivity (Wildman–Crippen MR) is 171 cm³/mol. The van der Waals surface area contributed by atoms with E-state index >= 15 is 0 Å². The fourth-order valence-corrected chi connectivity index (χ4v) is 7.99. The molecule has 1 aliphatic carbocycles. The maximum absolute atomic E-state index is 13.6. The van der Waals surface area contributed by atoms with Crippen LogP contribution in [0.4, 0.5) is 28.4 Å². The lowest BCUT2D eigenvalue weighted by Gasteiger charge is -2.25. The number of carbonyl (C=O) groups excluding carboxylic acids is 2. The summed E-state index contributed by atoms with van der Waals surface area (Å²) < 4.78 is 94.8. The first-order valence-corrected chi connectivity index (χ1v) is 18.2. The minimum absolute atomic E-state index is 0.0191. The molecule has 46 heavy (non-hydrogen) atoms. The van der Waals surface area contributed by atoms with Crippen LogP contribution in [-0.4, -0.2) is 64.6 Å². The van der Waals surface area contributed by atoms with Crippen LogP contribution in [0.1, 0.15) is 31.8 Å². The molecule has 5 rings (SSSR count). The van der Waals surface area contributed by atoms with Crippen molar-refractivity contribution in [1.29, 1.82) is 0 Å². The molecule has 0 saturated carbocycles. The van der Waals surface area contributed by atoms with Crippen molar-refractivity contribution >= 4 is 81.7 Å². The molecule has 5 N–H and O–H groups in total. The molecule has 0 heterocycles. The number of nitrogens with one attached hydrogen (secondary N) is 1. The second-order valence-corrected chi connectivity index (χ2v) is 15.4. The van der Waals surface area contributed by atoms with Gasteiger partial charge in [-0.1, -0.05) is 30.3 Å². The van der Waals surface area contributed by atoms with E-state index in [-0.39, 0.29) is 44.6 Å². The molecule has 0 amide bonds. The molecular weight excluding hydrogens is 682 g/mol. The van der Waals surface area contributed by atoms with Crippen molar-refractivity contribution in [3.8, 4) is 0 Å². The summed E-state index contributed by atoms with van der Waals surface area (Å²) in [5, 5.41) is 2.62. The molecule has 0 saturated heterocycles. The van der Waals surface area contributed by atoms with E-state index in [1.807, 2.05) is 0 Å². The van der Waals surface area contributed by atoms with E-state index in [1.165, 1.54) is 66.5 Å². The Morgan fingerprint density at radius 2 is 1.33 bits per heavy atom. The van der Waals surface area contributed by atoms with Gasteiger partial charge in [0.2, 0.25) is 0 Å². The highest BCUT2D eigenvalue weighted by Crippen LogP contribution is 2.41. The van der Waals surface area contributed by atoms with Gasteiger partial charge in [0.15, 0.2) is 21.4 Å². The number of alkyl halides is 1. The molecule has 0 atom stereocenters. The number of nitrogens with two attached hydrogens (primary N) is 1. The summed E-state index contributed by atoms with van der Waals surface area (Å²) in [6.45, 7) is 0. The molecule has 17 heteroatoms. The number of fused-ring (bicyclic) bond motifs is 2. The number of nitrogen functional groups attached to an aromatic ring is 1. The summed E-state index contributed by atoms with van der Waals surface area (Å²) in [5.41, 5.74) is 4.10. The Hall–Kier alpha value is -4.32. The number of hydrogen-bond acceptors (Lipinski definition) is 11.